The molecule has 1 saturated heterocycles. The minimum Gasteiger partial charge on any atom is -0.316 e. The third-order valence-corrected chi connectivity index (χ3v) is 3.28. The molecule has 1 fully saturated rings. The number of nitrogens with one attached hydrogen (secondary N) is 1. The molecule has 2 unspecified atom stereocenters. The van der Waals surface area contributed by atoms with E-state index in [1.54, 1.807) is 0 Å². The zero-order chi connectivity index (χ0) is 8.10. The molecule has 0 saturated carbocycles. The summed E-state index contributed by atoms with van der Waals surface area (Å²) in [4.78, 5) is 0. The molecule has 66 valence electrons. The Hall–Kier alpha value is 0.310. The lowest BCUT2D eigenvalue weighted by Crippen LogP contribution is -2.14. The maximum Gasteiger partial charge on any atom is -0.000937 e. The number of thioether (sulfide) groups is 1. The second kappa shape index (κ2) is 5.04. The van der Waals surface area contributed by atoms with Crippen LogP contribution < -0.4 is 5.32 Å². The van der Waals surface area contributed by atoms with Crippen molar-refractivity contribution < 1.29 is 0 Å². The molecule has 0 bridgehead atoms. The van der Waals surface area contributed by atoms with Crippen LogP contribution in [0, 0.1) is 11.8 Å². The van der Waals surface area contributed by atoms with E-state index in [0.29, 0.717) is 0 Å². The van der Waals surface area contributed by atoms with Crippen molar-refractivity contribution >= 4 is 11.8 Å². The van der Waals surface area contributed by atoms with E-state index < -0.39 is 0 Å². The van der Waals surface area contributed by atoms with E-state index >= 15 is 0 Å². The molecule has 0 aromatic heterocycles. The lowest BCUT2D eigenvalue weighted by atomic mass is 9.93. The first-order chi connectivity index (χ1) is 5.38. The van der Waals surface area contributed by atoms with E-state index in [4.69, 9.17) is 0 Å². The van der Waals surface area contributed by atoms with Crippen LogP contribution in [0.15, 0.2) is 0 Å². The molecule has 1 nitrogen and oxygen atoms in total. The summed E-state index contributed by atoms with van der Waals surface area (Å²) >= 11 is 1.99. The van der Waals surface area contributed by atoms with Gasteiger partial charge in [-0.15, -0.1) is 0 Å². The Morgan fingerprint density at radius 1 is 1.36 bits per heavy atom. The Labute approximate surface area is 74.3 Å². The largest absolute Gasteiger partial charge is 0.316 e. The predicted octanol–water partition coefficient (Wildman–Crippen LogP) is 1.99. The second-order valence-electron chi connectivity index (χ2n) is 3.42. The highest BCUT2D eigenvalue weighted by Crippen LogP contribution is 2.24. The van der Waals surface area contributed by atoms with Crippen molar-refractivity contribution in [3.63, 3.8) is 0 Å². The Kier molecular flexibility index (Phi) is 4.31. The first-order valence-corrected chi connectivity index (χ1v) is 5.97. The van der Waals surface area contributed by atoms with E-state index in [0.717, 1.165) is 11.8 Å². The lowest BCUT2D eigenvalue weighted by Gasteiger charge is -2.15. The number of hydrogen-bond acceptors (Lipinski definition) is 2. The summed E-state index contributed by atoms with van der Waals surface area (Å²) in [5.41, 5.74) is 0. The van der Waals surface area contributed by atoms with Gasteiger partial charge in [0, 0.05) is 0 Å². The van der Waals surface area contributed by atoms with Crippen LogP contribution in [0.5, 0.6) is 0 Å². The van der Waals surface area contributed by atoms with E-state index in [-0.39, 0.29) is 0 Å². The Bertz CT molecular complexity index is 93.7. The van der Waals surface area contributed by atoms with Gasteiger partial charge in [0.25, 0.3) is 0 Å². The van der Waals surface area contributed by atoms with Crippen molar-refractivity contribution in [3.05, 3.63) is 0 Å². The molecule has 0 aliphatic carbocycles. The highest BCUT2D eigenvalue weighted by atomic mass is 32.2. The van der Waals surface area contributed by atoms with Crippen LogP contribution in [0.3, 0.4) is 0 Å². The van der Waals surface area contributed by atoms with Crippen molar-refractivity contribution in [1.29, 1.82) is 0 Å². The van der Waals surface area contributed by atoms with Gasteiger partial charge in [-0.2, -0.15) is 11.8 Å². The van der Waals surface area contributed by atoms with Crippen LogP contribution in [0.1, 0.15) is 19.8 Å². The summed E-state index contributed by atoms with van der Waals surface area (Å²) in [5.74, 6) is 3.26. The van der Waals surface area contributed by atoms with Gasteiger partial charge in [-0.3, -0.25) is 0 Å². The molecule has 1 rings (SSSR count). The van der Waals surface area contributed by atoms with Gasteiger partial charge in [0.15, 0.2) is 0 Å². The number of rotatable bonds is 4. The van der Waals surface area contributed by atoms with E-state index in [9.17, 15) is 0 Å². The molecular weight excluding hydrogens is 154 g/mol. The maximum absolute atomic E-state index is 3.48. The standard InChI is InChI=1S/C9H19NS/c1-3-4-8-5-10-6-9(8)7-11-2/h8-10H,3-7H2,1-2H3. The molecular formula is C9H19NS. The van der Waals surface area contributed by atoms with Crippen molar-refractivity contribution in [3.8, 4) is 0 Å². The monoisotopic (exact) mass is 173 g/mol. The average Bonchev–Trinajstić information content (AvgIpc) is 2.39. The fraction of sp³-hybridized carbons (Fsp3) is 1.00. The zero-order valence-electron chi connectivity index (χ0n) is 7.60. The third-order valence-electron chi connectivity index (χ3n) is 2.52. The third kappa shape index (κ3) is 2.68. The van der Waals surface area contributed by atoms with Crippen LogP contribution in [-0.4, -0.2) is 25.1 Å². The van der Waals surface area contributed by atoms with E-state index in [1.165, 1.54) is 31.7 Å². The highest BCUT2D eigenvalue weighted by Gasteiger charge is 2.25. The Morgan fingerprint density at radius 2 is 2.09 bits per heavy atom. The molecule has 1 N–H and O–H groups in total. The first kappa shape index (κ1) is 9.40. The quantitative estimate of drug-likeness (QED) is 0.698. The van der Waals surface area contributed by atoms with Crippen LogP contribution in [0.2, 0.25) is 0 Å². The van der Waals surface area contributed by atoms with E-state index in [2.05, 4.69) is 18.5 Å². The van der Waals surface area contributed by atoms with Gasteiger partial charge in [-0.1, -0.05) is 13.3 Å². The van der Waals surface area contributed by atoms with Crippen LogP contribution in [0.4, 0.5) is 0 Å². The normalized spacial score (nSPS) is 31.1. The van der Waals surface area contributed by atoms with Crippen molar-refractivity contribution in [2.24, 2.45) is 11.8 Å². The lowest BCUT2D eigenvalue weighted by molar-refractivity contribution is 0.424. The van der Waals surface area contributed by atoms with E-state index in [1.807, 2.05) is 11.8 Å². The van der Waals surface area contributed by atoms with Gasteiger partial charge in [0.2, 0.25) is 0 Å². The average molecular weight is 173 g/mol. The summed E-state index contributed by atoms with van der Waals surface area (Å²) in [6.07, 6.45) is 4.97. The second-order valence-corrected chi connectivity index (χ2v) is 4.33. The zero-order valence-corrected chi connectivity index (χ0v) is 8.41. The van der Waals surface area contributed by atoms with Crippen molar-refractivity contribution in [2.75, 3.05) is 25.1 Å². The molecule has 2 atom stereocenters. The smallest absolute Gasteiger partial charge is 0.000937 e. The van der Waals surface area contributed by atoms with Crippen LogP contribution in [0.25, 0.3) is 0 Å². The summed E-state index contributed by atoms with van der Waals surface area (Å²) in [6, 6.07) is 0. The molecule has 0 spiro atoms. The topological polar surface area (TPSA) is 12.0 Å². The van der Waals surface area contributed by atoms with Crippen LogP contribution in [-0.2, 0) is 0 Å². The predicted molar refractivity (Wildman–Crippen MR) is 53.1 cm³/mol. The fourth-order valence-corrected chi connectivity index (χ4v) is 2.72. The van der Waals surface area contributed by atoms with Gasteiger partial charge in [-0.05, 0) is 43.4 Å². The SMILES string of the molecule is CCCC1CNCC1CSC. The summed E-state index contributed by atoms with van der Waals surface area (Å²) < 4.78 is 0. The molecule has 0 radical (unpaired) electrons. The minimum absolute atomic E-state index is 0.949. The molecule has 11 heavy (non-hydrogen) atoms. The van der Waals surface area contributed by atoms with Crippen LogP contribution >= 0.6 is 11.8 Å². The summed E-state index contributed by atoms with van der Waals surface area (Å²) in [6.45, 7) is 4.80. The van der Waals surface area contributed by atoms with Crippen molar-refractivity contribution in [2.45, 2.75) is 19.8 Å². The minimum atomic E-state index is 0.949. The summed E-state index contributed by atoms with van der Waals surface area (Å²) in [5, 5.41) is 3.48. The van der Waals surface area contributed by atoms with Gasteiger partial charge >= 0.3 is 0 Å². The molecule has 0 aromatic carbocycles. The Morgan fingerprint density at radius 3 is 2.73 bits per heavy atom. The molecule has 0 amide bonds. The van der Waals surface area contributed by atoms with Crippen molar-refractivity contribution in [1.82, 2.24) is 5.32 Å². The van der Waals surface area contributed by atoms with Gasteiger partial charge < -0.3 is 5.32 Å². The summed E-state index contributed by atoms with van der Waals surface area (Å²) in [7, 11) is 0. The molecule has 1 aliphatic rings. The molecule has 2 heteroatoms. The maximum atomic E-state index is 3.48. The van der Waals surface area contributed by atoms with Gasteiger partial charge in [0.1, 0.15) is 0 Å². The molecule has 0 aromatic rings. The first-order valence-electron chi connectivity index (χ1n) is 4.58. The highest BCUT2D eigenvalue weighted by molar-refractivity contribution is 7.98. The van der Waals surface area contributed by atoms with Gasteiger partial charge in [-0.25, -0.2) is 0 Å². The fourth-order valence-electron chi connectivity index (χ4n) is 1.91. The number of hydrogen-bond donors (Lipinski definition) is 1. The van der Waals surface area contributed by atoms with Gasteiger partial charge in [0.05, 0.1) is 0 Å². The Balaban J connectivity index is 2.25. The molecule has 1 aliphatic heterocycles. The molecule has 1 heterocycles.